The second-order valence-electron chi connectivity index (χ2n) is 10.6. The number of fused-ring (bicyclic) bond motifs is 3. The van der Waals surface area contributed by atoms with Crippen molar-refractivity contribution in [2.45, 2.75) is 49.6 Å². The molecule has 1 aliphatic carbocycles. The maximum Gasteiger partial charge on any atom is 0.407 e. The maximum atomic E-state index is 13.0. The number of benzene rings is 4. The van der Waals surface area contributed by atoms with E-state index in [-0.39, 0.29) is 42.1 Å². The summed E-state index contributed by atoms with van der Waals surface area (Å²) in [5.74, 6) is -0.400. The van der Waals surface area contributed by atoms with Crippen LogP contribution in [0, 0.1) is 0 Å². The number of esters is 1. The van der Waals surface area contributed by atoms with E-state index in [0.717, 1.165) is 27.8 Å². The highest BCUT2D eigenvalue weighted by molar-refractivity contribution is 7.87. The Morgan fingerprint density at radius 3 is 1.98 bits per heavy atom. The Bertz CT molecular complexity index is 1640. The number of alkyl carbamates (subject to hydrolysis) is 1. The van der Waals surface area contributed by atoms with Gasteiger partial charge in [0.25, 0.3) is 0 Å². The van der Waals surface area contributed by atoms with Gasteiger partial charge in [0.15, 0.2) is 0 Å². The van der Waals surface area contributed by atoms with Gasteiger partial charge in [-0.15, -0.1) is 0 Å². The van der Waals surface area contributed by atoms with E-state index < -0.39 is 28.2 Å². The standard InChI is InChI=1S/C34H33NO7S/c1-23(2)41-33(36)21-25(20-24-16-18-26(19-17-24)42-43(38,39)27-10-4-3-5-11-27)35-34(37)40-22-32-30-14-8-6-12-28(30)29-13-7-9-15-31(29)32/h3-19,23,25,32H,20-22H2,1-2H3,(H,35,37). The minimum absolute atomic E-state index is 0.0510. The molecule has 1 amide bonds. The summed E-state index contributed by atoms with van der Waals surface area (Å²) in [6.07, 6.45) is -0.727. The van der Waals surface area contributed by atoms with Gasteiger partial charge >= 0.3 is 22.2 Å². The number of hydrogen-bond donors (Lipinski definition) is 1. The van der Waals surface area contributed by atoms with Gasteiger partial charge in [-0.05, 0) is 72.4 Å². The van der Waals surface area contributed by atoms with Crippen molar-refractivity contribution in [1.82, 2.24) is 5.32 Å². The molecule has 1 atom stereocenters. The van der Waals surface area contributed by atoms with Crippen molar-refractivity contribution >= 4 is 22.2 Å². The molecule has 0 heterocycles. The van der Waals surface area contributed by atoms with Crippen LogP contribution in [-0.2, 0) is 30.8 Å². The first kappa shape index (κ1) is 29.8. The van der Waals surface area contributed by atoms with E-state index >= 15 is 0 Å². The van der Waals surface area contributed by atoms with Crippen molar-refractivity contribution in [3.8, 4) is 16.9 Å². The predicted octanol–water partition coefficient (Wildman–Crippen LogP) is 6.25. The van der Waals surface area contributed by atoms with Crippen molar-refractivity contribution < 1.29 is 31.7 Å². The lowest BCUT2D eigenvalue weighted by Crippen LogP contribution is -2.39. The van der Waals surface area contributed by atoms with Gasteiger partial charge in [0, 0.05) is 12.0 Å². The quantitative estimate of drug-likeness (QED) is 0.160. The van der Waals surface area contributed by atoms with Crippen molar-refractivity contribution in [2.24, 2.45) is 0 Å². The van der Waals surface area contributed by atoms with Gasteiger partial charge in [-0.25, -0.2) is 4.79 Å². The molecule has 5 rings (SSSR count). The highest BCUT2D eigenvalue weighted by atomic mass is 32.2. The molecule has 0 bridgehead atoms. The monoisotopic (exact) mass is 599 g/mol. The summed E-state index contributed by atoms with van der Waals surface area (Å²) in [5, 5.41) is 2.83. The number of hydrogen-bond acceptors (Lipinski definition) is 7. The number of carbonyl (C=O) groups is 2. The minimum Gasteiger partial charge on any atom is -0.463 e. The molecule has 1 unspecified atom stereocenters. The van der Waals surface area contributed by atoms with Crippen LogP contribution in [0.5, 0.6) is 5.75 Å². The van der Waals surface area contributed by atoms with Crippen LogP contribution < -0.4 is 9.50 Å². The van der Waals surface area contributed by atoms with E-state index in [2.05, 4.69) is 17.4 Å². The third kappa shape index (κ3) is 7.42. The molecule has 0 spiro atoms. The largest absolute Gasteiger partial charge is 0.463 e. The first-order valence-electron chi connectivity index (χ1n) is 14.1. The molecule has 4 aromatic rings. The Kier molecular flexibility index (Phi) is 9.11. The summed E-state index contributed by atoms with van der Waals surface area (Å²) in [6, 6.07) is 29.9. The number of rotatable bonds is 11. The summed E-state index contributed by atoms with van der Waals surface area (Å²) < 4.78 is 41.4. The van der Waals surface area contributed by atoms with Gasteiger partial charge in [-0.1, -0.05) is 78.9 Å². The van der Waals surface area contributed by atoms with Gasteiger partial charge in [-0.2, -0.15) is 8.42 Å². The van der Waals surface area contributed by atoms with Gasteiger partial charge in [0.1, 0.15) is 17.3 Å². The van der Waals surface area contributed by atoms with Gasteiger partial charge in [-0.3, -0.25) is 4.79 Å². The van der Waals surface area contributed by atoms with E-state index in [1.54, 1.807) is 44.2 Å². The van der Waals surface area contributed by atoms with E-state index in [1.165, 1.54) is 24.3 Å². The van der Waals surface area contributed by atoms with Crippen LogP contribution in [0.4, 0.5) is 4.79 Å². The SMILES string of the molecule is CC(C)OC(=O)CC(Cc1ccc(OS(=O)(=O)c2ccccc2)cc1)NC(=O)OCC1c2ccccc2-c2ccccc21. The molecule has 0 saturated carbocycles. The zero-order valence-electron chi connectivity index (χ0n) is 23.9. The van der Waals surface area contributed by atoms with Crippen molar-refractivity contribution in [2.75, 3.05) is 6.61 Å². The molecule has 1 N–H and O–H groups in total. The average molecular weight is 600 g/mol. The molecule has 1 aliphatic rings. The Morgan fingerprint density at radius 2 is 1.37 bits per heavy atom. The first-order chi connectivity index (χ1) is 20.7. The van der Waals surface area contributed by atoms with Gasteiger partial charge in [0.05, 0.1) is 12.5 Å². The number of ether oxygens (including phenoxy) is 2. The van der Waals surface area contributed by atoms with Crippen LogP contribution in [0.2, 0.25) is 0 Å². The van der Waals surface area contributed by atoms with Crippen molar-refractivity contribution in [3.63, 3.8) is 0 Å². The van der Waals surface area contributed by atoms with Gasteiger partial charge < -0.3 is 19.0 Å². The van der Waals surface area contributed by atoms with Crippen LogP contribution in [0.3, 0.4) is 0 Å². The normalized spacial score (nSPS) is 13.1. The zero-order chi connectivity index (χ0) is 30.4. The molecule has 8 nitrogen and oxygen atoms in total. The van der Waals surface area contributed by atoms with Crippen LogP contribution >= 0.6 is 0 Å². The summed E-state index contributed by atoms with van der Waals surface area (Å²) in [4.78, 5) is 25.6. The molecule has 0 fully saturated rings. The number of nitrogens with one attached hydrogen (secondary N) is 1. The van der Waals surface area contributed by atoms with Crippen LogP contribution in [-0.4, -0.2) is 39.2 Å². The zero-order valence-corrected chi connectivity index (χ0v) is 24.8. The summed E-state index contributed by atoms with van der Waals surface area (Å²) in [7, 11) is -3.98. The highest BCUT2D eigenvalue weighted by Crippen LogP contribution is 2.44. The second kappa shape index (κ2) is 13.1. The van der Waals surface area contributed by atoms with Crippen LogP contribution in [0.25, 0.3) is 11.1 Å². The summed E-state index contributed by atoms with van der Waals surface area (Å²) in [5.41, 5.74) is 5.22. The van der Waals surface area contributed by atoms with Crippen molar-refractivity contribution in [3.05, 3.63) is 120 Å². The lowest BCUT2D eigenvalue weighted by atomic mass is 9.98. The van der Waals surface area contributed by atoms with Crippen LogP contribution in [0.15, 0.2) is 108 Å². The molecular formula is C34H33NO7S. The molecule has 43 heavy (non-hydrogen) atoms. The fraction of sp³-hybridized carbons (Fsp3) is 0.235. The molecule has 9 heteroatoms. The Morgan fingerprint density at radius 1 is 0.791 bits per heavy atom. The molecule has 222 valence electrons. The predicted molar refractivity (Wildman–Crippen MR) is 162 cm³/mol. The summed E-state index contributed by atoms with van der Waals surface area (Å²) in [6.45, 7) is 3.66. The number of carbonyl (C=O) groups excluding carboxylic acids is 2. The van der Waals surface area contributed by atoms with E-state index in [9.17, 15) is 18.0 Å². The Labute approximate surface area is 251 Å². The molecule has 0 aliphatic heterocycles. The average Bonchev–Trinajstić information content (AvgIpc) is 3.30. The smallest absolute Gasteiger partial charge is 0.407 e. The second-order valence-corrected chi connectivity index (χ2v) is 12.2. The first-order valence-corrected chi connectivity index (χ1v) is 15.5. The third-order valence-electron chi connectivity index (χ3n) is 7.09. The summed E-state index contributed by atoms with van der Waals surface area (Å²) >= 11 is 0. The molecule has 4 aromatic carbocycles. The molecule has 0 aromatic heterocycles. The topological polar surface area (TPSA) is 108 Å². The maximum absolute atomic E-state index is 13.0. The lowest BCUT2D eigenvalue weighted by molar-refractivity contribution is -0.147. The van der Waals surface area contributed by atoms with Gasteiger partial charge in [0.2, 0.25) is 0 Å². The Balaban J connectivity index is 1.24. The lowest BCUT2D eigenvalue weighted by Gasteiger charge is -2.20. The van der Waals surface area contributed by atoms with Crippen molar-refractivity contribution in [1.29, 1.82) is 0 Å². The number of amides is 1. The van der Waals surface area contributed by atoms with E-state index in [1.807, 2.05) is 36.4 Å². The van der Waals surface area contributed by atoms with E-state index in [0.29, 0.717) is 0 Å². The molecule has 0 radical (unpaired) electrons. The Hall–Kier alpha value is -4.63. The van der Waals surface area contributed by atoms with Crippen LogP contribution in [0.1, 0.15) is 42.9 Å². The highest BCUT2D eigenvalue weighted by Gasteiger charge is 2.29. The fourth-order valence-electron chi connectivity index (χ4n) is 5.22. The minimum atomic E-state index is -3.98. The fourth-order valence-corrected chi connectivity index (χ4v) is 6.17. The molecule has 0 saturated heterocycles. The third-order valence-corrected chi connectivity index (χ3v) is 8.35. The van der Waals surface area contributed by atoms with E-state index in [4.69, 9.17) is 13.7 Å². The molecular weight excluding hydrogens is 566 g/mol.